The van der Waals surface area contributed by atoms with Gasteiger partial charge >= 0.3 is 7.12 Å². The predicted molar refractivity (Wildman–Crippen MR) is 66.0 cm³/mol. The van der Waals surface area contributed by atoms with E-state index in [0.717, 1.165) is 31.8 Å². The first-order chi connectivity index (χ1) is 7.75. The first kappa shape index (κ1) is 11.6. The van der Waals surface area contributed by atoms with Crippen LogP contribution in [0.25, 0.3) is 0 Å². The molecule has 1 aliphatic heterocycles. The van der Waals surface area contributed by atoms with Gasteiger partial charge in [0, 0.05) is 26.3 Å². The van der Waals surface area contributed by atoms with Gasteiger partial charge in [-0.2, -0.15) is 0 Å². The molecule has 1 heterocycles. The highest BCUT2D eigenvalue weighted by atomic mass is 16.6. The van der Waals surface area contributed by atoms with Crippen molar-refractivity contribution in [1.29, 1.82) is 0 Å². The van der Waals surface area contributed by atoms with Gasteiger partial charge in [0.25, 0.3) is 0 Å². The molecule has 4 heteroatoms. The molecule has 0 radical (unpaired) electrons. The quantitative estimate of drug-likeness (QED) is 0.648. The molecule has 0 aliphatic carbocycles. The molecule has 3 nitrogen and oxygen atoms in total. The average Bonchev–Trinajstić information content (AvgIpc) is 2.23. The average molecular weight is 219 g/mol. The van der Waals surface area contributed by atoms with E-state index in [2.05, 4.69) is 37.1 Å². The number of nitrogens with zero attached hydrogens (tertiary/aromatic N) is 1. The molecule has 0 amide bonds. The van der Waals surface area contributed by atoms with Crippen LogP contribution >= 0.6 is 0 Å². The van der Waals surface area contributed by atoms with Crippen LogP contribution < -0.4 is 5.46 Å². The van der Waals surface area contributed by atoms with Crippen molar-refractivity contribution in [3.05, 3.63) is 29.8 Å². The van der Waals surface area contributed by atoms with Crippen LogP contribution in [0.15, 0.2) is 24.3 Å². The molecule has 1 aromatic carbocycles. The summed E-state index contributed by atoms with van der Waals surface area (Å²) in [6.45, 7) is 5.45. The molecular formula is C12H18BNO2. The van der Waals surface area contributed by atoms with E-state index in [0.29, 0.717) is 0 Å². The molecule has 0 aromatic heterocycles. The summed E-state index contributed by atoms with van der Waals surface area (Å²) < 4.78 is 11.5. The van der Waals surface area contributed by atoms with Crippen molar-refractivity contribution >= 4 is 12.6 Å². The van der Waals surface area contributed by atoms with Crippen LogP contribution in [-0.2, 0) is 9.31 Å². The summed E-state index contributed by atoms with van der Waals surface area (Å²) in [6.07, 6.45) is 0. The second-order valence-corrected chi connectivity index (χ2v) is 4.29. The van der Waals surface area contributed by atoms with E-state index in [1.54, 1.807) is 0 Å². The van der Waals surface area contributed by atoms with Gasteiger partial charge in [0.05, 0.1) is 0 Å². The molecule has 86 valence electrons. The summed E-state index contributed by atoms with van der Waals surface area (Å²) in [6, 6.07) is 8.31. The minimum atomic E-state index is -0.200. The minimum absolute atomic E-state index is 0.200. The first-order valence-corrected chi connectivity index (χ1v) is 5.74. The number of likely N-dealkylation sites (N-methyl/N-ethyl adjacent to an activating group) is 1. The number of hydrogen-bond acceptors (Lipinski definition) is 3. The maximum absolute atomic E-state index is 5.73. The smallest absolute Gasteiger partial charge is 0.406 e. The lowest BCUT2D eigenvalue weighted by molar-refractivity contribution is 0.132. The van der Waals surface area contributed by atoms with Crippen LogP contribution in [0.2, 0.25) is 0 Å². The highest BCUT2D eigenvalue weighted by Gasteiger charge is 2.23. The van der Waals surface area contributed by atoms with E-state index < -0.39 is 0 Å². The van der Waals surface area contributed by atoms with Crippen molar-refractivity contribution in [2.45, 2.75) is 6.92 Å². The van der Waals surface area contributed by atoms with Crippen molar-refractivity contribution in [2.24, 2.45) is 0 Å². The zero-order chi connectivity index (χ0) is 11.4. The second-order valence-electron chi connectivity index (χ2n) is 4.29. The van der Waals surface area contributed by atoms with Crippen molar-refractivity contribution in [1.82, 2.24) is 4.90 Å². The van der Waals surface area contributed by atoms with E-state index in [1.165, 1.54) is 5.56 Å². The van der Waals surface area contributed by atoms with Gasteiger partial charge in [-0.1, -0.05) is 29.8 Å². The predicted octanol–water partition coefficient (Wildman–Crippen LogP) is 0.669. The van der Waals surface area contributed by atoms with E-state index in [9.17, 15) is 0 Å². The Hall–Kier alpha value is -0.835. The molecule has 2 rings (SSSR count). The molecular weight excluding hydrogens is 201 g/mol. The third-order valence-electron chi connectivity index (χ3n) is 2.80. The Balaban J connectivity index is 2.03. The topological polar surface area (TPSA) is 21.7 Å². The van der Waals surface area contributed by atoms with Gasteiger partial charge in [-0.05, 0) is 19.4 Å². The van der Waals surface area contributed by atoms with Gasteiger partial charge in [0.1, 0.15) is 0 Å². The number of benzene rings is 1. The minimum Gasteiger partial charge on any atom is -0.406 e. The van der Waals surface area contributed by atoms with E-state index in [-0.39, 0.29) is 7.12 Å². The standard InChI is InChI=1S/C12H18BNO2/c1-11-4-3-5-12(10-11)13-15-8-6-14(2)7-9-16-13/h3-5,10H,6-9H2,1-2H3. The van der Waals surface area contributed by atoms with Gasteiger partial charge in [0.15, 0.2) is 0 Å². The molecule has 0 unspecified atom stereocenters. The van der Waals surface area contributed by atoms with E-state index in [1.807, 2.05) is 6.07 Å². The largest absolute Gasteiger partial charge is 0.493 e. The lowest BCUT2D eigenvalue weighted by Gasteiger charge is -2.24. The first-order valence-electron chi connectivity index (χ1n) is 5.74. The van der Waals surface area contributed by atoms with Crippen molar-refractivity contribution < 1.29 is 9.31 Å². The van der Waals surface area contributed by atoms with Gasteiger partial charge < -0.3 is 14.2 Å². The maximum Gasteiger partial charge on any atom is 0.493 e. The summed E-state index contributed by atoms with van der Waals surface area (Å²) in [5.74, 6) is 0. The van der Waals surface area contributed by atoms with Crippen LogP contribution in [0.5, 0.6) is 0 Å². The van der Waals surface area contributed by atoms with Crippen LogP contribution in [0.1, 0.15) is 5.56 Å². The molecule has 16 heavy (non-hydrogen) atoms. The number of hydrogen-bond donors (Lipinski definition) is 0. The van der Waals surface area contributed by atoms with Gasteiger partial charge in [0.2, 0.25) is 0 Å². The summed E-state index contributed by atoms with van der Waals surface area (Å²) in [4.78, 5) is 2.21. The third kappa shape index (κ3) is 3.08. The number of rotatable bonds is 1. The van der Waals surface area contributed by atoms with Crippen LogP contribution in [-0.4, -0.2) is 45.4 Å². The molecule has 1 aliphatic rings. The van der Waals surface area contributed by atoms with Crippen LogP contribution in [0.3, 0.4) is 0 Å². The zero-order valence-electron chi connectivity index (χ0n) is 9.98. The Kier molecular flexibility index (Phi) is 3.99. The molecule has 0 bridgehead atoms. The van der Waals surface area contributed by atoms with Crippen molar-refractivity contribution in [2.75, 3.05) is 33.4 Å². The van der Waals surface area contributed by atoms with Crippen LogP contribution in [0, 0.1) is 6.92 Å². The lowest BCUT2D eigenvalue weighted by Crippen LogP contribution is -2.43. The summed E-state index contributed by atoms with van der Waals surface area (Å²) in [5, 5.41) is 0. The van der Waals surface area contributed by atoms with Gasteiger partial charge in [-0.15, -0.1) is 0 Å². The van der Waals surface area contributed by atoms with Crippen molar-refractivity contribution in [3.8, 4) is 0 Å². The van der Waals surface area contributed by atoms with E-state index in [4.69, 9.17) is 9.31 Å². The lowest BCUT2D eigenvalue weighted by atomic mass is 9.78. The normalized spacial score (nSPS) is 19.2. The van der Waals surface area contributed by atoms with Crippen LogP contribution in [0.4, 0.5) is 0 Å². The molecule has 0 spiro atoms. The molecule has 1 fully saturated rings. The third-order valence-corrected chi connectivity index (χ3v) is 2.80. The van der Waals surface area contributed by atoms with Gasteiger partial charge in [-0.3, -0.25) is 0 Å². The molecule has 1 aromatic rings. The SMILES string of the molecule is Cc1cccc(B2OCCN(C)CCO2)c1. The highest BCUT2D eigenvalue weighted by Crippen LogP contribution is 2.00. The molecule has 1 saturated heterocycles. The zero-order valence-corrected chi connectivity index (χ0v) is 9.98. The molecule has 0 saturated carbocycles. The van der Waals surface area contributed by atoms with Crippen molar-refractivity contribution in [3.63, 3.8) is 0 Å². The summed E-state index contributed by atoms with van der Waals surface area (Å²) in [7, 11) is 1.88. The monoisotopic (exact) mass is 219 g/mol. The maximum atomic E-state index is 5.73. The Morgan fingerprint density at radius 3 is 2.50 bits per heavy atom. The fourth-order valence-electron chi connectivity index (χ4n) is 1.80. The summed E-state index contributed by atoms with van der Waals surface area (Å²) in [5.41, 5.74) is 2.36. The molecule has 0 N–H and O–H groups in total. The highest BCUT2D eigenvalue weighted by molar-refractivity contribution is 6.61. The summed E-state index contributed by atoms with van der Waals surface area (Å²) >= 11 is 0. The Morgan fingerprint density at radius 1 is 1.19 bits per heavy atom. The Labute approximate surface area is 97.5 Å². The Bertz CT molecular complexity index is 336. The second kappa shape index (κ2) is 5.48. The fourth-order valence-corrected chi connectivity index (χ4v) is 1.80. The fraction of sp³-hybridized carbons (Fsp3) is 0.500. The number of aryl methyl sites for hydroxylation is 1. The van der Waals surface area contributed by atoms with Gasteiger partial charge in [-0.25, -0.2) is 0 Å². The Morgan fingerprint density at radius 2 is 1.88 bits per heavy atom. The molecule has 0 atom stereocenters. The van der Waals surface area contributed by atoms with E-state index >= 15 is 0 Å².